The maximum Gasteiger partial charge on any atom is 0.255 e. The van der Waals surface area contributed by atoms with Crippen molar-refractivity contribution in [2.45, 2.75) is 25.8 Å². The molecule has 0 saturated heterocycles. The van der Waals surface area contributed by atoms with Crippen LogP contribution in [0.15, 0.2) is 18.2 Å². The second-order valence-electron chi connectivity index (χ2n) is 4.25. The fraction of sp³-hybridized carbons (Fsp3) is 0.500. The van der Waals surface area contributed by atoms with Gasteiger partial charge < -0.3 is 14.8 Å². The zero-order valence-corrected chi connectivity index (χ0v) is 13.1. The highest BCUT2D eigenvalue weighted by molar-refractivity contribution is 9.09. The molecule has 5 heteroatoms. The van der Waals surface area contributed by atoms with E-state index in [0.717, 1.165) is 18.2 Å². The van der Waals surface area contributed by atoms with Crippen LogP contribution in [0.1, 0.15) is 30.1 Å². The first kappa shape index (κ1) is 15.8. The van der Waals surface area contributed by atoms with Crippen molar-refractivity contribution in [1.82, 2.24) is 5.32 Å². The van der Waals surface area contributed by atoms with E-state index in [2.05, 4.69) is 21.2 Å². The number of amides is 1. The average molecular weight is 330 g/mol. The van der Waals surface area contributed by atoms with Gasteiger partial charge in [-0.15, -0.1) is 0 Å². The third-order valence-corrected chi connectivity index (χ3v) is 3.36. The van der Waals surface area contributed by atoms with Crippen LogP contribution in [-0.2, 0) is 0 Å². The summed E-state index contributed by atoms with van der Waals surface area (Å²) in [5.41, 5.74) is 0.493. The fourth-order valence-electron chi connectivity index (χ4n) is 1.82. The van der Waals surface area contributed by atoms with Crippen molar-refractivity contribution in [3.05, 3.63) is 23.8 Å². The lowest BCUT2D eigenvalue weighted by Crippen LogP contribution is -2.32. The Hall–Kier alpha value is -1.23. The van der Waals surface area contributed by atoms with Gasteiger partial charge in [0.25, 0.3) is 5.91 Å². The summed E-state index contributed by atoms with van der Waals surface area (Å²) in [5, 5.41) is 3.90. The molecule has 0 aliphatic heterocycles. The molecule has 0 aliphatic rings. The smallest absolute Gasteiger partial charge is 0.255 e. The van der Waals surface area contributed by atoms with Crippen LogP contribution in [0.4, 0.5) is 0 Å². The van der Waals surface area contributed by atoms with Gasteiger partial charge in [0.15, 0.2) is 11.5 Å². The summed E-state index contributed by atoms with van der Waals surface area (Å²) >= 11 is 3.38. The molecule has 0 heterocycles. The van der Waals surface area contributed by atoms with Gasteiger partial charge in [0.1, 0.15) is 0 Å². The van der Waals surface area contributed by atoms with Crippen LogP contribution in [0.5, 0.6) is 11.5 Å². The minimum atomic E-state index is -0.141. The van der Waals surface area contributed by atoms with Crippen LogP contribution in [-0.4, -0.2) is 31.5 Å². The van der Waals surface area contributed by atoms with E-state index in [1.165, 1.54) is 7.11 Å². The van der Waals surface area contributed by atoms with Gasteiger partial charge in [-0.05, 0) is 31.9 Å². The number of carbonyl (C=O) groups excluding carboxylic acids is 1. The van der Waals surface area contributed by atoms with Crippen LogP contribution in [0.2, 0.25) is 0 Å². The number of rotatable bonds is 7. The van der Waals surface area contributed by atoms with E-state index >= 15 is 0 Å². The Labute approximate surface area is 122 Å². The highest BCUT2D eigenvalue weighted by Crippen LogP contribution is 2.30. The molecule has 106 valence electrons. The van der Waals surface area contributed by atoms with E-state index in [9.17, 15) is 4.79 Å². The topological polar surface area (TPSA) is 47.6 Å². The first-order valence-electron chi connectivity index (χ1n) is 6.21. The van der Waals surface area contributed by atoms with Gasteiger partial charge in [-0.25, -0.2) is 0 Å². The lowest BCUT2D eigenvalue weighted by atomic mass is 10.1. The van der Waals surface area contributed by atoms with Gasteiger partial charge in [-0.3, -0.25) is 4.79 Å². The summed E-state index contributed by atoms with van der Waals surface area (Å²) in [5.74, 6) is 0.885. The van der Waals surface area contributed by atoms with E-state index in [-0.39, 0.29) is 11.9 Å². The Balaban J connectivity index is 2.81. The molecule has 0 radical (unpaired) electrons. The summed E-state index contributed by atoms with van der Waals surface area (Å²) in [7, 11) is 3.08. The van der Waals surface area contributed by atoms with Crippen molar-refractivity contribution in [2.75, 3.05) is 19.5 Å². The highest BCUT2D eigenvalue weighted by Gasteiger charge is 2.17. The lowest BCUT2D eigenvalue weighted by molar-refractivity contribution is 0.0934. The van der Waals surface area contributed by atoms with E-state index in [0.29, 0.717) is 17.1 Å². The minimum Gasteiger partial charge on any atom is -0.493 e. The number of para-hydroxylation sites is 1. The highest BCUT2D eigenvalue weighted by atomic mass is 79.9. The number of nitrogens with one attached hydrogen (secondary N) is 1. The Morgan fingerprint density at radius 3 is 2.68 bits per heavy atom. The molecule has 0 aromatic heterocycles. The minimum absolute atomic E-state index is 0.126. The molecule has 1 amide bonds. The maximum absolute atomic E-state index is 12.2. The van der Waals surface area contributed by atoms with Crippen molar-refractivity contribution in [2.24, 2.45) is 0 Å². The molecule has 1 atom stereocenters. The van der Waals surface area contributed by atoms with Gasteiger partial charge in [0.05, 0.1) is 19.8 Å². The Morgan fingerprint density at radius 2 is 2.11 bits per heavy atom. The number of halogens is 1. The third kappa shape index (κ3) is 4.42. The Morgan fingerprint density at radius 1 is 1.37 bits per heavy atom. The second-order valence-corrected chi connectivity index (χ2v) is 5.04. The van der Waals surface area contributed by atoms with E-state index in [4.69, 9.17) is 9.47 Å². The lowest BCUT2D eigenvalue weighted by Gasteiger charge is -2.16. The van der Waals surface area contributed by atoms with Crippen molar-refractivity contribution >= 4 is 21.8 Å². The first-order chi connectivity index (χ1) is 9.13. The maximum atomic E-state index is 12.2. The third-order valence-electron chi connectivity index (χ3n) is 2.80. The molecule has 0 bridgehead atoms. The zero-order chi connectivity index (χ0) is 14.3. The number of alkyl halides is 1. The molecule has 4 nitrogen and oxygen atoms in total. The molecule has 19 heavy (non-hydrogen) atoms. The summed E-state index contributed by atoms with van der Waals surface area (Å²) in [6.07, 6.45) is 1.96. The number of carbonyl (C=O) groups is 1. The van der Waals surface area contributed by atoms with Crippen molar-refractivity contribution in [3.8, 4) is 11.5 Å². The van der Waals surface area contributed by atoms with E-state index in [1.807, 2.05) is 6.92 Å². The monoisotopic (exact) mass is 329 g/mol. The molecular weight excluding hydrogens is 310 g/mol. The van der Waals surface area contributed by atoms with Gasteiger partial charge in [-0.1, -0.05) is 22.0 Å². The molecule has 1 aromatic rings. The summed E-state index contributed by atoms with van der Waals surface area (Å²) in [4.78, 5) is 12.2. The SMILES string of the molecule is COc1cccc(C(=O)NC(C)CCCBr)c1OC. The largest absolute Gasteiger partial charge is 0.493 e. The molecule has 1 N–H and O–H groups in total. The van der Waals surface area contributed by atoms with E-state index < -0.39 is 0 Å². The van der Waals surface area contributed by atoms with Gasteiger partial charge in [0.2, 0.25) is 0 Å². The van der Waals surface area contributed by atoms with Crippen LogP contribution in [0, 0.1) is 0 Å². The van der Waals surface area contributed by atoms with Crippen LogP contribution >= 0.6 is 15.9 Å². The first-order valence-corrected chi connectivity index (χ1v) is 7.34. The quantitative estimate of drug-likeness (QED) is 0.782. The predicted molar refractivity (Wildman–Crippen MR) is 79.5 cm³/mol. The summed E-state index contributed by atoms with van der Waals surface area (Å²) in [6.45, 7) is 1.99. The van der Waals surface area contributed by atoms with Crippen LogP contribution in [0.3, 0.4) is 0 Å². The summed E-state index contributed by atoms with van der Waals surface area (Å²) in [6, 6.07) is 5.40. The number of hydrogen-bond acceptors (Lipinski definition) is 3. The van der Waals surface area contributed by atoms with Crippen LogP contribution < -0.4 is 14.8 Å². The number of ether oxygens (including phenoxy) is 2. The molecular formula is C14H20BrNO3. The molecule has 1 unspecified atom stereocenters. The van der Waals surface area contributed by atoms with Gasteiger partial charge >= 0.3 is 0 Å². The molecule has 0 aliphatic carbocycles. The van der Waals surface area contributed by atoms with Gasteiger partial charge in [0, 0.05) is 11.4 Å². The predicted octanol–water partition coefficient (Wildman–Crippen LogP) is 3.00. The molecule has 0 spiro atoms. The number of benzene rings is 1. The Kier molecular flexibility index (Phi) is 6.70. The standard InChI is InChI=1S/C14H20BrNO3/c1-10(6-5-9-15)16-14(17)11-7-4-8-12(18-2)13(11)19-3/h4,7-8,10H,5-6,9H2,1-3H3,(H,16,17). The van der Waals surface area contributed by atoms with Gasteiger partial charge in [-0.2, -0.15) is 0 Å². The molecule has 0 saturated carbocycles. The average Bonchev–Trinajstić information content (AvgIpc) is 2.43. The number of methoxy groups -OCH3 is 2. The van der Waals surface area contributed by atoms with Crippen molar-refractivity contribution in [3.63, 3.8) is 0 Å². The van der Waals surface area contributed by atoms with Crippen LogP contribution in [0.25, 0.3) is 0 Å². The molecule has 1 rings (SSSR count). The second kappa shape index (κ2) is 8.04. The summed E-state index contributed by atoms with van der Waals surface area (Å²) < 4.78 is 10.4. The van der Waals surface area contributed by atoms with E-state index in [1.54, 1.807) is 25.3 Å². The number of hydrogen-bond donors (Lipinski definition) is 1. The zero-order valence-electron chi connectivity index (χ0n) is 11.5. The Bertz CT molecular complexity index is 423. The fourth-order valence-corrected chi connectivity index (χ4v) is 2.15. The van der Waals surface area contributed by atoms with Crippen molar-refractivity contribution in [1.29, 1.82) is 0 Å². The normalized spacial score (nSPS) is 11.8. The molecule has 1 aromatic carbocycles. The van der Waals surface area contributed by atoms with Crippen molar-refractivity contribution < 1.29 is 14.3 Å². The molecule has 0 fully saturated rings.